The van der Waals surface area contributed by atoms with Crippen LogP contribution in [0.5, 0.6) is 0 Å². The van der Waals surface area contributed by atoms with Gasteiger partial charge in [-0.15, -0.1) is 0 Å². The third-order valence-corrected chi connectivity index (χ3v) is 3.33. The van der Waals surface area contributed by atoms with Crippen molar-refractivity contribution in [3.05, 3.63) is 0 Å². The Morgan fingerprint density at radius 2 is 2.18 bits per heavy atom. The summed E-state index contributed by atoms with van der Waals surface area (Å²) in [7, 11) is 0. The van der Waals surface area contributed by atoms with Crippen molar-refractivity contribution in [2.45, 2.75) is 39.3 Å². The van der Waals surface area contributed by atoms with Gasteiger partial charge in [0.2, 0.25) is 0 Å². The number of hydrogen-bond donors (Lipinski definition) is 1. The summed E-state index contributed by atoms with van der Waals surface area (Å²) in [6, 6.07) is 0.139. The Morgan fingerprint density at radius 1 is 1.47 bits per heavy atom. The number of amides is 1. The van der Waals surface area contributed by atoms with E-state index in [-0.39, 0.29) is 17.4 Å². The maximum absolute atomic E-state index is 12.0. The Hall–Kier alpha value is -0.130. The van der Waals surface area contributed by atoms with Crippen LogP contribution >= 0.6 is 15.9 Å². The van der Waals surface area contributed by atoms with Gasteiger partial charge in [-0.25, -0.2) is 0 Å². The zero-order valence-corrected chi connectivity index (χ0v) is 12.4. The third kappa shape index (κ3) is 4.94. The van der Waals surface area contributed by atoms with E-state index >= 15 is 0 Å². The Morgan fingerprint density at radius 3 is 2.65 bits per heavy atom. The van der Waals surface area contributed by atoms with Gasteiger partial charge in [0.05, 0.1) is 19.8 Å². The van der Waals surface area contributed by atoms with Crippen molar-refractivity contribution in [1.29, 1.82) is 0 Å². The summed E-state index contributed by atoms with van der Waals surface area (Å²) in [6.45, 7) is 7.80. The third-order valence-electron chi connectivity index (χ3n) is 2.87. The summed E-state index contributed by atoms with van der Waals surface area (Å²) in [4.78, 5) is 12.0. The SMILES string of the molecule is CC(C)(C)C(CCBr)NC(=O)C1COCCO1. The maximum Gasteiger partial charge on any atom is 0.251 e. The second kappa shape index (κ2) is 6.71. The van der Waals surface area contributed by atoms with Crippen molar-refractivity contribution in [3.8, 4) is 0 Å². The summed E-state index contributed by atoms with van der Waals surface area (Å²) >= 11 is 3.42. The average Bonchev–Trinajstić information content (AvgIpc) is 2.28. The van der Waals surface area contributed by atoms with Crippen molar-refractivity contribution in [2.75, 3.05) is 25.2 Å². The number of ether oxygens (including phenoxy) is 2. The summed E-state index contributed by atoms with van der Waals surface area (Å²) in [6.07, 6.45) is 0.451. The van der Waals surface area contributed by atoms with Gasteiger partial charge in [0.1, 0.15) is 0 Å². The average molecular weight is 308 g/mol. The van der Waals surface area contributed by atoms with E-state index in [1.165, 1.54) is 0 Å². The minimum atomic E-state index is -0.455. The van der Waals surface area contributed by atoms with Crippen LogP contribution in [0.15, 0.2) is 0 Å². The number of rotatable bonds is 4. The highest BCUT2D eigenvalue weighted by Gasteiger charge is 2.29. The van der Waals surface area contributed by atoms with Crippen molar-refractivity contribution < 1.29 is 14.3 Å². The standard InChI is InChI=1S/C12H22BrNO3/c1-12(2,3)10(4-5-13)14-11(15)9-8-16-6-7-17-9/h9-10H,4-8H2,1-3H3,(H,14,15). The molecule has 1 heterocycles. The molecule has 1 fully saturated rings. The first-order chi connectivity index (χ1) is 7.95. The fraction of sp³-hybridized carbons (Fsp3) is 0.917. The fourth-order valence-corrected chi connectivity index (χ4v) is 2.19. The van der Waals surface area contributed by atoms with Crippen LogP contribution in [0.2, 0.25) is 0 Å². The molecule has 0 aliphatic carbocycles. The Bertz CT molecular complexity index is 247. The molecule has 5 heteroatoms. The lowest BCUT2D eigenvalue weighted by Gasteiger charge is -2.33. The van der Waals surface area contributed by atoms with Crippen LogP contribution in [0.1, 0.15) is 27.2 Å². The molecule has 1 saturated heterocycles. The Balaban J connectivity index is 2.51. The van der Waals surface area contributed by atoms with E-state index in [0.29, 0.717) is 19.8 Å². The van der Waals surface area contributed by atoms with Crippen LogP contribution in [0.3, 0.4) is 0 Å². The molecule has 0 aromatic carbocycles. The molecular weight excluding hydrogens is 286 g/mol. The first kappa shape index (κ1) is 14.9. The number of hydrogen-bond acceptors (Lipinski definition) is 3. The number of carbonyl (C=O) groups excluding carboxylic acids is 1. The van der Waals surface area contributed by atoms with Gasteiger partial charge >= 0.3 is 0 Å². The van der Waals surface area contributed by atoms with Crippen LogP contribution in [0.4, 0.5) is 0 Å². The molecule has 0 spiro atoms. The van der Waals surface area contributed by atoms with E-state index in [9.17, 15) is 4.79 Å². The second-order valence-electron chi connectivity index (χ2n) is 5.34. The minimum Gasteiger partial charge on any atom is -0.376 e. The molecule has 1 aliphatic heterocycles. The summed E-state index contributed by atoms with van der Waals surface area (Å²) in [5.74, 6) is -0.0643. The van der Waals surface area contributed by atoms with E-state index in [0.717, 1.165) is 11.8 Å². The maximum atomic E-state index is 12.0. The second-order valence-corrected chi connectivity index (χ2v) is 6.13. The van der Waals surface area contributed by atoms with E-state index in [1.807, 2.05) is 0 Å². The molecule has 0 radical (unpaired) electrons. The molecular formula is C12H22BrNO3. The zero-order chi connectivity index (χ0) is 12.9. The lowest BCUT2D eigenvalue weighted by atomic mass is 9.85. The molecule has 0 saturated carbocycles. The number of alkyl halides is 1. The van der Waals surface area contributed by atoms with Gasteiger partial charge in [-0.1, -0.05) is 36.7 Å². The van der Waals surface area contributed by atoms with E-state index < -0.39 is 6.10 Å². The topological polar surface area (TPSA) is 47.6 Å². The quantitative estimate of drug-likeness (QED) is 0.805. The summed E-state index contributed by atoms with van der Waals surface area (Å²) in [5, 5.41) is 3.93. The molecule has 17 heavy (non-hydrogen) atoms. The van der Waals surface area contributed by atoms with E-state index in [2.05, 4.69) is 42.0 Å². The zero-order valence-electron chi connectivity index (χ0n) is 10.8. The molecule has 1 N–H and O–H groups in total. The van der Waals surface area contributed by atoms with Crippen LogP contribution in [0.25, 0.3) is 0 Å². The Kier molecular flexibility index (Phi) is 5.89. The van der Waals surface area contributed by atoms with Crippen LogP contribution in [-0.4, -0.2) is 43.2 Å². The highest BCUT2D eigenvalue weighted by atomic mass is 79.9. The molecule has 0 aromatic rings. The van der Waals surface area contributed by atoms with Crippen molar-refractivity contribution in [3.63, 3.8) is 0 Å². The predicted molar refractivity (Wildman–Crippen MR) is 70.4 cm³/mol. The largest absolute Gasteiger partial charge is 0.376 e. The summed E-state index contributed by atoms with van der Waals surface area (Å²) in [5.41, 5.74) is 0.0406. The molecule has 1 rings (SSSR count). The minimum absolute atomic E-state index is 0.0406. The van der Waals surface area contributed by atoms with Crippen LogP contribution < -0.4 is 5.32 Å². The van der Waals surface area contributed by atoms with Crippen LogP contribution in [-0.2, 0) is 14.3 Å². The normalized spacial score (nSPS) is 23.2. The van der Waals surface area contributed by atoms with Crippen molar-refractivity contribution >= 4 is 21.8 Å². The van der Waals surface area contributed by atoms with Gasteiger partial charge in [0, 0.05) is 11.4 Å². The van der Waals surface area contributed by atoms with Crippen LogP contribution in [0, 0.1) is 5.41 Å². The van der Waals surface area contributed by atoms with Gasteiger partial charge in [-0.05, 0) is 11.8 Å². The summed E-state index contributed by atoms with van der Waals surface area (Å²) < 4.78 is 10.6. The number of halogens is 1. The van der Waals surface area contributed by atoms with Crippen molar-refractivity contribution in [1.82, 2.24) is 5.32 Å². The smallest absolute Gasteiger partial charge is 0.251 e. The van der Waals surface area contributed by atoms with E-state index in [4.69, 9.17) is 9.47 Å². The van der Waals surface area contributed by atoms with E-state index in [1.54, 1.807) is 0 Å². The Labute approximate surface area is 112 Å². The lowest BCUT2D eigenvalue weighted by Crippen LogP contribution is -2.50. The number of nitrogens with one attached hydrogen (secondary N) is 1. The van der Waals surface area contributed by atoms with Gasteiger partial charge < -0.3 is 14.8 Å². The first-order valence-corrected chi connectivity index (χ1v) is 7.13. The van der Waals surface area contributed by atoms with Gasteiger partial charge in [0.15, 0.2) is 6.10 Å². The highest BCUT2D eigenvalue weighted by molar-refractivity contribution is 9.09. The predicted octanol–water partition coefficient (Wildman–Crippen LogP) is 1.72. The lowest BCUT2D eigenvalue weighted by molar-refractivity contribution is -0.148. The van der Waals surface area contributed by atoms with Gasteiger partial charge in [-0.2, -0.15) is 0 Å². The fourth-order valence-electron chi connectivity index (χ4n) is 1.73. The highest BCUT2D eigenvalue weighted by Crippen LogP contribution is 2.22. The van der Waals surface area contributed by atoms with Gasteiger partial charge in [0.25, 0.3) is 5.91 Å². The molecule has 2 unspecified atom stereocenters. The first-order valence-electron chi connectivity index (χ1n) is 6.01. The monoisotopic (exact) mass is 307 g/mol. The number of carbonyl (C=O) groups is 1. The van der Waals surface area contributed by atoms with Gasteiger partial charge in [-0.3, -0.25) is 4.79 Å². The molecule has 100 valence electrons. The molecule has 1 amide bonds. The molecule has 4 nitrogen and oxygen atoms in total. The molecule has 2 atom stereocenters. The molecule has 1 aliphatic rings. The van der Waals surface area contributed by atoms with Crippen molar-refractivity contribution in [2.24, 2.45) is 5.41 Å². The molecule has 0 bridgehead atoms. The molecule has 0 aromatic heterocycles.